The normalized spacial score (nSPS) is 42.2. The Hall–Kier alpha value is -0.570. The third kappa shape index (κ3) is 2.31. The Bertz CT molecular complexity index is 347. The highest BCUT2D eigenvalue weighted by Crippen LogP contribution is 2.61. The molecule has 0 heterocycles. The average Bonchev–Trinajstić information content (AvgIpc) is 2.25. The van der Waals surface area contributed by atoms with Gasteiger partial charge in [0.25, 0.3) is 5.91 Å². The van der Waals surface area contributed by atoms with E-state index in [9.17, 15) is 9.90 Å². The molecule has 0 aromatic heterocycles. The summed E-state index contributed by atoms with van der Waals surface area (Å²) in [5, 5.41) is 12.9. The van der Waals surface area contributed by atoms with Crippen molar-refractivity contribution in [3.63, 3.8) is 0 Å². The highest BCUT2D eigenvalue weighted by atomic mass is 16.3. The maximum absolute atomic E-state index is 12.0. The van der Waals surface area contributed by atoms with Gasteiger partial charge in [-0.1, -0.05) is 0 Å². The first kappa shape index (κ1) is 13.4. The molecule has 0 aromatic rings. The third-order valence-electron chi connectivity index (χ3n) is 5.91. The maximum Gasteiger partial charge on any atom is 0.251 e. The molecule has 0 saturated heterocycles. The summed E-state index contributed by atoms with van der Waals surface area (Å²) in [5.41, 5.74) is -0.952. The molecule has 4 rings (SSSR count). The maximum atomic E-state index is 12.0. The summed E-state index contributed by atoms with van der Waals surface area (Å²) in [7, 11) is 0. The topological polar surface area (TPSA) is 49.3 Å². The Morgan fingerprint density at radius 2 is 1.58 bits per heavy atom. The molecule has 4 saturated carbocycles. The van der Waals surface area contributed by atoms with Crippen molar-refractivity contribution in [2.45, 2.75) is 70.9 Å². The largest absolute Gasteiger partial charge is 0.381 e. The minimum absolute atomic E-state index is 0.194. The standard InChI is InChI=1S/C16H27NO2/c1-10(17-14(18)15(2,3)19)16-7-11-4-12(8-16)6-13(5-11)9-16/h10-13,19H,4-9H2,1-3H3,(H,17,18). The average molecular weight is 265 g/mol. The molecule has 4 aliphatic carbocycles. The van der Waals surface area contributed by atoms with Crippen LogP contribution in [0.4, 0.5) is 0 Å². The molecule has 1 atom stereocenters. The van der Waals surface area contributed by atoms with Gasteiger partial charge in [0.15, 0.2) is 0 Å². The van der Waals surface area contributed by atoms with Gasteiger partial charge in [-0.2, -0.15) is 0 Å². The van der Waals surface area contributed by atoms with Gasteiger partial charge in [0.1, 0.15) is 5.60 Å². The predicted molar refractivity (Wildman–Crippen MR) is 74.5 cm³/mol. The number of rotatable bonds is 3. The second-order valence-electron chi connectivity index (χ2n) is 8.03. The number of carbonyl (C=O) groups excluding carboxylic acids is 1. The van der Waals surface area contributed by atoms with Crippen molar-refractivity contribution in [3.8, 4) is 0 Å². The van der Waals surface area contributed by atoms with E-state index in [0.29, 0.717) is 5.41 Å². The van der Waals surface area contributed by atoms with Crippen LogP contribution in [0, 0.1) is 23.2 Å². The van der Waals surface area contributed by atoms with Crippen molar-refractivity contribution >= 4 is 5.91 Å². The van der Waals surface area contributed by atoms with Crippen LogP contribution in [0.2, 0.25) is 0 Å². The molecule has 3 nitrogen and oxygen atoms in total. The van der Waals surface area contributed by atoms with Crippen molar-refractivity contribution in [2.75, 3.05) is 0 Å². The van der Waals surface area contributed by atoms with E-state index in [1.54, 1.807) is 13.8 Å². The SMILES string of the molecule is CC(NC(=O)C(C)(C)O)C12CC3CC(CC(C3)C1)C2. The quantitative estimate of drug-likeness (QED) is 0.823. The molecule has 4 aliphatic rings. The lowest BCUT2D eigenvalue weighted by molar-refractivity contribution is -0.140. The zero-order valence-electron chi connectivity index (χ0n) is 12.4. The minimum Gasteiger partial charge on any atom is -0.381 e. The number of aliphatic hydroxyl groups is 1. The van der Waals surface area contributed by atoms with Crippen LogP contribution in [0.3, 0.4) is 0 Å². The summed E-state index contributed by atoms with van der Waals surface area (Å²) in [6, 6.07) is 0.194. The van der Waals surface area contributed by atoms with Gasteiger partial charge in [0.05, 0.1) is 0 Å². The molecule has 0 spiro atoms. The summed E-state index contributed by atoms with van der Waals surface area (Å²) in [6.07, 6.45) is 8.12. The molecule has 0 aliphatic heterocycles. The van der Waals surface area contributed by atoms with E-state index in [1.807, 2.05) is 0 Å². The molecule has 3 heteroatoms. The third-order valence-corrected chi connectivity index (χ3v) is 5.91. The van der Waals surface area contributed by atoms with Gasteiger partial charge in [0.2, 0.25) is 0 Å². The molecule has 1 amide bonds. The van der Waals surface area contributed by atoms with Crippen molar-refractivity contribution in [3.05, 3.63) is 0 Å². The molecule has 2 N–H and O–H groups in total. The molecule has 4 bridgehead atoms. The molecule has 0 radical (unpaired) electrons. The summed E-state index contributed by atoms with van der Waals surface area (Å²) in [4.78, 5) is 12.0. The zero-order chi connectivity index (χ0) is 13.8. The van der Waals surface area contributed by atoms with Crippen molar-refractivity contribution < 1.29 is 9.90 Å². The van der Waals surface area contributed by atoms with Crippen LogP contribution in [0.5, 0.6) is 0 Å². The first-order chi connectivity index (χ1) is 8.78. The summed E-state index contributed by atoms with van der Waals surface area (Å²) in [5.74, 6) is 2.46. The molecule has 19 heavy (non-hydrogen) atoms. The lowest BCUT2D eigenvalue weighted by atomic mass is 9.48. The Labute approximate surface area is 116 Å². The highest BCUT2D eigenvalue weighted by Gasteiger charge is 2.53. The Morgan fingerprint density at radius 1 is 1.16 bits per heavy atom. The van der Waals surface area contributed by atoms with Gasteiger partial charge in [-0.15, -0.1) is 0 Å². The lowest BCUT2D eigenvalue weighted by Gasteiger charge is -2.59. The van der Waals surface area contributed by atoms with E-state index in [1.165, 1.54) is 38.5 Å². The zero-order valence-corrected chi connectivity index (χ0v) is 12.4. The van der Waals surface area contributed by atoms with Crippen LogP contribution < -0.4 is 5.32 Å². The van der Waals surface area contributed by atoms with Crippen LogP contribution in [0.15, 0.2) is 0 Å². The lowest BCUT2D eigenvalue weighted by Crippen LogP contribution is -2.58. The molecular weight excluding hydrogens is 238 g/mol. The number of amides is 1. The van der Waals surface area contributed by atoms with Crippen molar-refractivity contribution in [1.29, 1.82) is 0 Å². The van der Waals surface area contributed by atoms with Gasteiger partial charge >= 0.3 is 0 Å². The van der Waals surface area contributed by atoms with E-state index < -0.39 is 5.60 Å². The highest BCUT2D eigenvalue weighted by molar-refractivity contribution is 5.84. The Balaban J connectivity index is 1.73. The second kappa shape index (κ2) is 4.21. The fourth-order valence-electron chi connectivity index (χ4n) is 5.23. The number of carbonyl (C=O) groups is 1. The second-order valence-corrected chi connectivity index (χ2v) is 8.03. The number of hydrogen-bond acceptors (Lipinski definition) is 2. The van der Waals surface area contributed by atoms with Crippen LogP contribution in [-0.4, -0.2) is 22.7 Å². The molecule has 4 fully saturated rings. The van der Waals surface area contributed by atoms with Gasteiger partial charge in [0, 0.05) is 6.04 Å². The van der Waals surface area contributed by atoms with Gasteiger partial charge in [-0.25, -0.2) is 0 Å². The fourth-order valence-corrected chi connectivity index (χ4v) is 5.23. The van der Waals surface area contributed by atoms with E-state index >= 15 is 0 Å². The van der Waals surface area contributed by atoms with Gasteiger partial charge < -0.3 is 10.4 Å². The summed E-state index contributed by atoms with van der Waals surface area (Å²) >= 11 is 0. The number of nitrogens with one attached hydrogen (secondary N) is 1. The smallest absolute Gasteiger partial charge is 0.251 e. The molecule has 108 valence electrons. The first-order valence-electron chi connectivity index (χ1n) is 7.82. The van der Waals surface area contributed by atoms with Gasteiger partial charge in [-0.3, -0.25) is 4.79 Å². The Kier molecular flexibility index (Phi) is 2.97. The fraction of sp³-hybridized carbons (Fsp3) is 0.938. The van der Waals surface area contributed by atoms with Crippen molar-refractivity contribution in [1.82, 2.24) is 5.32 Å². The molecular formula is C16H27NO2. The summed E-state index contributed by atoms with van der Waals surface area (Å²) in [6.45, 7) is 5.28. The minimum atomic E-state index is -1.27. The first-order valence-corrected chi connectivity index (χ1v) is 7.82. The molecule has 1 unspecified atom stereocenters. The van der Waals surface area contributed by atoms with Crippen LogP contribution >= 0.6 is 0 Å². The van der Waals surface area contributed by atoms with Crippen molar-refractivity contribution in [2.24, 2.45) is 23.2 Å². The molecule has 0 aromatic carbocycles. The van der Waals surface area contributed by atoms with E-state index in [2.05, 4.69) is 12.2 Å². The Morgan fingerprint density at radius 3 is 1.95 bits per heavy atom. The number of hydrogen-bond donors (Lipinski definition) is 2. The van der Waals surface area contributed by atoms with E-state index in [0.717, 1.165) is 17.8 Å². The summed E-state index contributed by atoms with van der Waals surface area (Å²) < 4.78 is 0. The van der Waals surface area contributed by atoms with E-state index in [4.69, 9.17) is 0 Å². The van der Waals surface area contributed by atoms with Gasteiger partial charge in [-0.05, 0) is 82.5 Å². The van der Waals surface area contributed by atoms with Crippen LogP contribution in [-0.2, 0) is 4.79 Å². The van der Waals surface area contributed by atoms with Crippen LogP contribution in [0.1, 0.15) is 59.3 Å². The van der Waals surface area contributed by atoms with E-state index in [-0.39, 0.29) is 11.9 Å². The predicted octanol–water partition coefficient (Wildman–Crippen LogP) is 2.48. The van der Waals surface area contributed by atoms with Crippen LogP contribution in [0.25, 0.3) is 0 Å². The monoisotopic (exact) mass is 265 g/mol.